The van der Waals surface area contributed by atoms with E-state index in [0.29, 0.717) is 0 Å². The second kappa shape index (κ2) is 60.6. The van der Waals surface area contributed by atoms with Gasteiger partial charge in [0.15, 0.2) is 0 Å². The van der Waals surface area contributed by atoms with E-state index in [2.05, 4.69) is 13.8 Å². The number of hydrogen-bond acceptors (Lipinski definition) is 2. The van der Waals surface area contributed by atoms with Gasteiger partial charge in [-0.2, -0.15) is 0 Å². The second-order valence-electron chi connectivity index (χ2n) is 7.14. The Hall–Kier alpha value is -3.78. The van der Waals surface area contributed by atoms with Crippen LogP contribution in [0.3, 0.4) is 0 Å². The number of ketones is 2. The maximum absolute atomic E-state index is 9.44. The molecule has 0 aromatic heterocycles. The highest BCUT2D eigenvalue weighted by atomic mass is 16.1. The molecule has 0 aliphatic rings. The van der Waals surface area contributed by atoms with Crippen molar-refractivity contribution in [3.8, 4) is 0 Å². The van der Waals surface area contributed by atoms with Gasteiger partial charge in [-0.05, 0) is 27.7 Å². The molecular weight excluding hydrogens is 500 g/mol. The summed E-state index contributed by atoms with van der Waals surface area (Å²) in [5.74, 6) is 0.333. The average molecular weight is 565 g/mol. The molecule has 0 fully saturated rings. The fourth-order valence-electron chi connectivity index (χ4n) is 1.54. The summed E-state index contributed by atoms with van der Waals surface area (Å²) in [5, 5.41) is 0. The van der Waals surface area contributed by atoms with E-state index >= 15 is 0 Å². The summed E-state index contributed by atoms with van der Waals surface area (Å²) in [6, 6.07) is 48.0. The number of benzene rings is 4. The van der Waals surface area contributed by atoms with Gasteiger partial charge in [-0.15, -0.1) is 0 Å². The normalized spacial score (nSPS) is 6.68. The van der Waals surface area contributed by atoms with Crippen LogP contribution in [-0.4, -0.2) is 11.6 Å². The quantitative estimate of drug-likeness (QED) is 0.213. The van der Waals surface area contributed by atoms with Crippen molar-refractivity contribution >= 4 is 11.6 Å². The van der Waals surface area contributed by atoms with Crippen molar-refractivity contribution in [1.29, 1.82) is 0 Å². The Balaban J connectivity index is -0.0000000647. The largest absolute Gasteiger partial charge is 0.300 e. The molecule has 4 aromatic carbocycles. The Bertz CT molecular complexity index is 594. The van der Waals surface area contributed by atoms with Crippen LogP contribution in [0.15, 0.2) is 146 Å². The van der Waals surface area contributed by atoms with Crippen molar-refractivity contribution in [2.75, 3.05) is 0 Å². The molecule has 0 saturated carbocycles. The minimum atomic E-state index is 0. The molecule has 232 valence electrons. The molecule has 2 nitrogen and oxygen atoms in total. The van der Waals surface area contributed by atoms with E-state index in [-0.39, 0.29) is 26.4 Å². The van der Waals surface area contributed by atoms with Gasteiger partial charge in [0.1, 0.15) is 11.6 Å². The molecule has 0 spiro atoms. The maximum Gasteiger partial charge on any atom is 0.126 e. The smallest absolute Gasteiger partial charge is 0.126 e. The third-order valence-electron chi connectivity index (χ3n) is 2.67. The lowest BCUT2D eigenvalue weighted by atomic mass is 10.4. The minimum Gasteiger partial charge on any atom is -0.300 e. The number of carbonyl (C=O) groups is 2. The van der Waals surface area contributed by atoms with Gasteiger partial charge in [-0.1, -0.05) is 208 Å². The van der Waals surface area contributed by atoms with Crippen molar-refractivity contribution in [2.24, 2.45) is 0 Å². The van der Waals surface area contributed by atoms with E-state index in [9.17, 15) is 9.59 Å². The molecule has 0 aliphatic carbocycles. The van der Waals surface area contributed by atoms with Gasteiger partial charge in [-0.25, -0.2) is 0 Å². The van der Waals surface area contributed by atoms with Gasteiger partial charge in [0.2, 0.25) is 0 Å². The Kier molecular flexibility index (Phi) is 79.1. The standard InChI is InChI=1S/4C6H6.2C3H6O.C3H8.2C2H6.2CH4/c4*1-2-4-6-5-3-1;2*1-3(2)4;1-3-2;2*1-2;;/h4*1-6H;2*1-2H3;3H2,1-2H3;2*1-2H3;2*1H4. The third-order valence-corrected chi connectivity index (χ3v) is 2.67. The highest BCUT2D eigenvalue weighted by molar-refractivity contribution is 5.72. The summed E-state index contributed by atoms with van der Waals surface area (Å²) in [6.45, 7) is 18.4. The van der Waals surface area contributed by atoms with Crippen LogP contribution in [0.1, 0.15) is 90.5 Å². The highest BCUT2D eigenvalue weighted by Crippen LogP contribution is 1.81. The van der Waals surface area contributed by atoms with Crippen molar-refractivity contribution in [3.63, 3.8) is 0 Å². The summed E-state index contributed by atoms with van der Waals surface area (Å²) in [4.78, 5) is 18.9. The van der Waals surface area contributed by atoms with Crippen LogP contribution in [0, 0.1) is 0 Å². The van der Waals surface area contributed by atoms with Crippen LogP contribution in [0.2, 0.25) is 0 Å². The van der Waals surface area contributed by atoms with Crippen LogP contribution in [0.25, 0.3) is 0 Å². The summed E-state index contributed by atoms with van der Waals surface area (Å²) < 4.78 is 0. The molecular formula is C39H64O2. The number of carbonyl (C=O) groups excluding carboxylic acids is 2. The molecule has 0 radical (unpaired) electrons. The molecule has 0 bridgehead atoms. The van der Waals surface area contributed by atoms with Crippen molar-refractivity contribution in [2.45, 2.75) is 90.5 Å². The van der Waals surface area contributed by atoms with E-state index in [1.807, 2.05) is 173 Å². The van der Waals surface area contributed by atoms with Gasteiger partial charge in [0.25, 0.3) is 0 Å². The van der Waals surface area contributed by atoms with E-state index in [0.717, 1.165) is 0 Å². The lowest BCUT2D eigenvalue weighted by Crippen LogP contribution is -1.69. The summed E-state index contributed by atoms with van der Waals surface area (Å²) in [5.41, 5.74) is 0. The topological polar surface area (TPSA) is 34.1 Å². The minimum absolute atomic E-state index is 0. The van der Waals surface area contributed by atoms with Crippen LogP contribution in [-0.2, 0) is 9.59 Å². The SMILES string of the molecule is C.C.CC.CC.CC(C)=O.CC(C)=O.CCC.c1ccccc1.c1ccccc1.c1ccccc1.c1ccccc1. The summed E-state index contributed by atoms with van der Waals surface area (Å²) in [6.07, 6.45) is 1.25. The lowest BCUT2D eigenvalue weighted by molar-refractivity contribution is -0.115. The number of hydrogen-bond donors (Lipinski definition) is 0. The fourth-order valence-corrected chi connectivity index (χ4v) is 1.54. The molecule has 0 amide bonds. The molecule has 0 heterocycles. The van der Waals surface area contributed by atoms with Crippen LogP contribution >= 0.6 is 0 Å². The van der Waals surface area contributed by atoms with Gasteiger partial charge in [0, 0.05) is 0 Å². The first-order chi connectivity index (χ1) is 18.9. The van der Waals surface area contributed by atoms with E-state index in [4.69, 9.17) is 0 Å². The van der Waals surface area contributed by atoms with Gasteiger partial charge in [0.05, 0.1) is 0 Å². The van der Waals surface area contributed by atoms with Crippen molar-refractivity contribution in [1.82, 2.24) is 0 Å². The van der Waals surface area contributed by atoms with Gasteiger partial charge in [-0.3, -0.25) is 0 Å². The zero-order valence-electron chi connectivity index (χ0n) is 26.4. The zero-order valence-corrected chi connectivity index (χ0v) is 26.4. The first-order valence-corrected chi connectivity index (χ1v) is 13.8. The zero-order chi connectivity index (χ0) is 30.8. The van der Waals surface area contributed by atoms with Crippen LogP contribution < -0.4 is 0 Å². The predicted octanol–water partition coefficient (Wildman–Crippen LogP) is 12.7. The number of rotatable bonds is 0. The molecule has 0 atom stereocenters. The lowest BCUT2D eigenvalue weighted by Gasteiger charge is -1.69. The fraction of sp³-hybridized carbons (Fsp3) is 0.333. The molecule has 4 rings (SSSR count). The number of Topliss-reactive ketones (excluding diaryl/α,β-unsaturated/α-hetero) is 2. The first kappa shape index (κ1) is 53.5. The summed E-state index contributed by atoms with van der Waals surface area (Å²) in [7, 11) is 0. The first-order valence-electron chi connectivity index (χ1n) is 13.8. The Morgan fingerprint density at radius 3 is 0.366 bits per heavy atom. The summed E-state index contributed by atoms with van der Waals surface area (Å²) >= 11 is 0. The second-order valence-corrected chi connectivity index (χ2v) is 7.14. The van der Waals surface area contributed by atoms with Gasteiger partial charge >= 0.3 is 0 Å². The monoisotopic (exact) mass is 564 g/mol. The molecule has 0 aliphatic heterocycles. The van der Waals surface area contributed by atoms with Crippen LogP contribution in [0.5, 0.6) is 0 Å². The third kappa shape index (κ3) is 104. The molecule has 41 heavy (non-hydrogen) atoms. The van der Waals surface area contributed by atoms with Crippen LogP contribution in [0.4, 0.5) is 0 Å². The van der Waals surface area contributed by atoms with Gasteiger partial charge < -0.3 is 9.59 Å². The predicted molar refractivity (Wildman–Crippen MR) is 191 cm³/mol. The highest BCUT2D eigenvalue weighted by Gasteiger charge is 1.63. The van der Waals surface area contributed by atoms with Crippen molar-refractivity contribution < 1.29 is 9.59 Å². The molecule has 2 heteroatoms. The molecule has 0 N–H and O–H groups in total. The molecule has 0 saturated heterocycles. The molecule has 4 aromatic rings. The molecule has 0 unspecified atom stereocenters. The van der Waals surface area contributed by atoms with E-state index in [1.165, 1.54) is 34.1 Å². The average Bonchev–Trinajstić information content (AvgIpc) is 3.00. The van der Waals surface area contributed by atoms with E-state index in [1.54, 1.807) is 0 Å². The Labute approximate surface area is 256 Å². The maximum atomic E-state index is 9.44. The Morgan fingerprint density at radius 1 is 0.317 bits per heavy atom. The van der Waals surface area contributed by atoms with Crippen molar-refractivity contribution in [3.05, 3.63) is 146 Å². The van der Waals surface area contributed by atoms with E-state index < -0.39 is 0 Å². The Morgan fingerprint density at radius 2 is 0.341 bits per heavy atom.